The van der Waals surface area contributed by atoms with Crippen molar-refractivity contribution in [3.63, 3.8) is 0 Å². The molecule has 2 unspecified atom stereocenters. The summed E-state index contributed by atoms with van der Waals surface area (Å²) in [5.41, 5.74) is 7.93. The molecule has 18 heavy (non-hydrogen) atoms. The number of thiazole rings is 1. The van der Waals surface area contributed by atoms with Gasteiger partial charge in [-0.15, -0.1) is 11.3 Å². The lowest BCUT2D eigenvalue weighted by molar-refractivity contribution is 0.471. The highest BCUT2D eigenvalue weighted by Gasteiger charge is 2.22. The summed E-state index contributed by atoms with van der Waals surface area (Å²) in [6, 6.07) is 7.37. The number of hydrogen-bond acceptors (Lipinski definition) is 4. The van der Waals surface area contributed by atoms with Crippen LogP contribution >= 0.6 is 11.3 Å². The maximum atomic E-state index is 9.38. The van der Waals surface area contributed by atoms with Crippen LogP contribution in [0.3, 0.4) is 0 Å². The molecule has 0 saturated heterocycles. The van der Waals surface area contributed by atoms with Crippen LogP contribution in [0.15, 0.2) is 29.6 Å². The molecule has 96 valence electrons. The summed E-state index contributed by atoms with van der Waals surface area (Å²) < 4.78 is 0. The number of anilines is 1. The third-order valence-electron chi connectivity index (χ3n) is 3.32. The number of phenols is 1. The number of hydrogen-bond donors (Lipinski definition) is 2. The first-order chi connectivity index (χ1) is 8.61. The largest absolute Gasteiger partial charge is 0.508 e. The van der Waals surface area contributed by atoms with Gasteiger partial charge >= 0.3 is 0 Å². The number of nitrogens with two attached hydrogens (primary N) is 1. The van der Waals surface area contributed by atoms with Gasteiger partial charge in [-0.2, -0.15) is 0 Å². The molecule has 0 spiro atoms. The summed E-state index contributed by atoms with van der Waals surface area (Å²) in [5.74, 6) is 1.01. The van der Waals surface area contributed by atoms with Crippen LogP contribution in [0.5, 0.6) is 5.75 Å². The lowest BCUT2D eigenvalue weighted by atomic mass is 9.83. The second kappa shape index (κ2) is 5.40. The number of aromatic nitrogens is 1. The quantitative estimate of drug-likeness (QED) is 0.885. The molecule has 0 saturated carbocycles. The minimum Gasteiger partial charge on any atom is -0.508 e. The number of benzene rings is 1. The zero-order valence-electron chi connectivity index (χ0n) is 10.6. The molecule has 1 aromatic carbocycles. The Labute approximate surface area is 111 Å². The average molecular weight is 262 g/mol. The molecule has 0 amide bonds. The van der Waals surface area contributed by atoms with Gasteiger partial charge in [-0.3, -0.25) is 0 Å². The van der Waals surface area contributed by atoms with Crippen molar-refractivity contribution in [3.05, 3.63) is 40.9 Å². The number of rotatable bonds is 4. The van der Waals surface area contributed by atoms with Gasteiger partial charge in [-0.1, -0.05) is 32.4 Å². The topological polar surface area (TPSA) is 59.1 Å². The van der Waals surface area contributed by atoms with Crippen molar-refractivity contribution >= 4 is 16.5 Å². The van der Waals surface area contributed by atoms with Crippen molar-refractivity contribution in [2.75, 3.05) is 5.73 Å². The van der Waals surface area contributed by atoms with Gasteiger partial charge in [-0.25, -0.2) is 4.98 Å². The van der Waals surface area contributed by atoms with Crippen molar-refractivity contribution in [2.45, 2.75) is 26.2 Å². The number of nitrogens with zero attached hydrogens (tertiary/aromatic N) is 1. The van der Waals surface area contributed by atoms with E-state index in [0.717, 1.165) is 12.1 Å². The maximum absolute atomic E-state index is 9.38. The molecule has 0 aliphatic heterocycles. The minimum atomic E-state index is 0.240. The second-order valence-corrected chi connectivity index (χ2v) is 5.46. The SMILES string of the molecule is CCC(C)C(c1ccc(O)cc1)c1csc(N)n1. The van der Waals surface area contributed by atoms with E-state index in [9.17, 15) is 5.11 Å². The van der Waals surface area contributed by atoms with Gasteiger partial charge in [-0.05, 0) is 23.6 Å². The highest BCUT2D eigenvalue weighted by Crippen LogP contribution is 2.35. The minimum absolute atomic E-state index is 0.240. The smallest absolute Gasteiger partial charge is 0.180 e. The molecule has 2 atom stereocenters. The van der Waals surface area contributed by atoms with Gasteiger partial charge in [0.05, 0.1) is 5.69 Å². The molecule has 0 bridgehead atoms. The molecule has 0 aliphatic carbocycles. The van der Waals surface area contributed by atoms with Gasteiger partial charge in [0.2, 0.25) is 0 Å². The molecule has 0 aliphatic rings. The van der Waals surface area contributed by atoms with E-state index in [1.165, 1.54) is 16.9 Å². The Hall–Kier alpha value is -1.55. The molecular formula is C14H18N2OS. The first-order valence-electron chi connectivity index (χ1n) is 6.11. The van der Waals surface area contributed by atoms with Crippen molar-refractivity contribution in [1.29, 1.82) is 0 Å². The Morgan fingerprint density at radius 2 is 2.00 bits per heavy atom. The fraction of sp³-hybridized carbons (Fsp3) is 0.357. The Balaban J connectivity index is 2.39. The van der Waals surface area contributed by atoms with E-state index in [0.29, 0.717) is 16.8 Å². The van der Waals surface area contributed by atoms with Crippen LogP contribution in [0.1, 0.15) is 37.4 Å². The monoisotopic (exact) mass is 262 g/mol. The lowest BCUT2D eigenvalue weighted by Gasteiger charge is -2.21. The van der Waals surface area contributed by atoms with Crippen LogP contribution in [0.4, 0.5) is 5.13 Å². The second-order valence-electron chi connectivity index (χ2n) is 4.57. The molecule has 3 N–H and O–H groups in total. The molecule has 3 nitrogen and oxygen atoms in total. The highest BCUT2D eigenvalue weighted by molar-refractivity contribution is 7.13. The third kappa shape index (κ3) is 2.64. The standard InChI is InChI=1S/C14H18N2OS/c1-3-9(2)13(12-8-18-14(15)16-12)10-4-6-11(17)7-5-10/h4-9,13,17H,3H2,1-2H3,(H2,15,16). The number of aromatic hydroxyl groups is 1. The van der Waals surface area contributed by atoms with E-state index in [4.69, 9.17) is 5.73 Å². The Morgan fingerprint density at radius 1 is 1.33 bits per heavy atom. The van der Waals surface area contributed by atoms with E-state index in [-0.39, 0.29) is 5.92 Å². The normalized spacial score (nSPS) is 14.3. The predicted octanol–water partition coefficient (Wildman–Crippen LogP) is 3.61. The summed E-state index contributed by atoms with van der Waals surface area (Å²) in [4.78, 5) is 4.41. The molecule has 2 aromatic rings. The van der Waals surface area contributed by atoms with Crippen molar-refractivity contribution < 1.29 is 5.11 Å². The summed E-state index contributed by atoms with van der Waals surface area (Å²) in [6.07, 6.45) is 1.07. The van der Waals surface area contributed by atoms with Gasteiger partial charge in [0.1, 0.15) is 5.75 Å². The maximum Gasteiger partial charge on any atom is 0.180 e. The first kappa shape index (κ1) is 12.9. The predicted molar refractivity (Wildman–Crippen MR) is 75.9 cm³/mol. The third-order valence-corrected chi connectivity index (χ3v) is 4.02. The average Bonchev–Trinajstić information content (AvgIpc) is 2.78. The fourth-order valence-corrected chi connectivity index (χ4v) is 2.75. The van der Waals surface area contributed by atoms with Crippen LogP contribution in [-0.2, 0) is 0 Å². The van der Waals surface area contributed by atoms with Crippen LogP contribution in [-0.4, -0.2) is 10.1 Å². The Kier molecular flexibility index (Phi) is 3.87. The van der Waals surface area contributed by atoms with Crippen LogP contribution in [0.25, 0.3) is 0 Å². The van der Waals surface area contributed by atoms with E-state index in [1.54, 1.807) is 12.1 Å². The van der Waals surface area contributed by atoms with Crippen LogP contribution in [0.2, 0.25) is 0 Å². The zero-order valence-corrected chi connectivity index (χ0v) is 11.4. The van der Waals surface area contributed by atoms with Gasteiger partial charge in [0.15, 0.2) is 5.13 Å². The van der Waals surface area contributed by atoms with E-state index >= 15 is 0 Å². The fourth-order valence-electron chi connectivity index (χ4n) is 2.15. The van der Waals surface area contributed by atoms with Crippen LogP contribution < -0.4 is 5.73 Å². The van der Waals surface area contributed by atoms with Gasteiger partial charge in [0.25, 0.3) is 0 Å². The Morgan fingerprint density at radius 3 is 2.50 bits per heavy atom. The Bertz CT molecular complexity index is 507. The molecule has 1 heterocycles. The highest BCUT2D eigenvalue weighted by atomic mass is 32.1. The van der Waals surface area contributed by atoms with Crippen molar-refractivity contribution in [1.82, 2.24) is 4.98 Å². The summed E-state index contributed by atoms with van der Waals surface area (Å²) in [6.45, 7) is 4.39. The summed E-state index contributed by atoms with van der Waals surface area (Å²) in [7, 11) is 0. The number of phenolic OH excluding ortho intramolecular Hbond substituents is 1. The van der Waals surface area contributed by atoms with E-state index in [2.05, 4.69) is 18.8 Å². The number of nitrogen functional groups attached to an aromatic ring is 1. The van der Waals surface area contributed by atoms with Crippen LogP contribution in [0, 0.1) is 5.92 Å². The molecule has 2 rings (SSSR count). The van der Waals surface area contributed by atoms with Gasteiger partial charge < -0.3 is 10.8 Å². The molecule has 0 fully saturated rings. The van der Waals surface area contributed by atoms with E-state index in [1.807, 2.05) is 17.5 Å². The molecule has 1 aromatic heterocycles. The summed E-state index contributed by atoms with van der Waals surface area (Å²) >= 11 is 1.48. The van der Waals surface area contributed by atoms with Crippen molar-refractivity contribution in [3.8, 4) is 5.75 Å². The van der Waals surface area contributed by atoms with Gasteiger partial charge in [0, 0.05) is 11.3 Å². The molecular weight excluding hydrogens is 244 g/mol. The lowest BCUT2D eigenvalue weighted by Crippen LogP contribution is -2.11. The summed E-state index contributed by atoms with van der Waals surface area (Å²) in [5, 5.41) is 12.0. The van der Waals surface area contributed by atoms with E-state index < -0.39 is 0 Å². The zero-order chi connectivity index (χ0) is 13.1. The van der Waals surface area contributed by atoms with Crippen molar-refractivity contribution in [2.24, 2.45) is 5.92 Å². The molecule has 0 radical (unpaired) electrons. The molecule has 4 heteroatoms. The first-order valence-corrected chi connectivity index (χ1v) is 6.99.